The number of anilines is 3. The number of ether oxygens (including phenoxy) is 2. The molecule has 1 aliphatic rings. The van der Waals surface area contributed by atoms with E-state index in [4.69, 9.17) is 21.1 Å². The van der Waals surface area contributed by atoms with E-state index in [1.165, 1.54) is 0 Å². The third-order valence-electron chi connectivity index (χ3n) is 3.50. The van der Waals surface area contributed by atoms with Crippen LogP contribution in [0.3, 0.4) is 0 Å². The zero-order valence-electron chi connectivity index (χ0n) is 12.8. The first-order valence-corrected chi connectivity index (χ1v) is 7.78. The molecular formula is C15H18ClN5O2. The van der Waals surface area contributed by atoms with Crippen LogP contribution in [0.25, 0.3) is 0 Å². The number of nitrogens with zero attached hydrogens (tertiary/aromatic N) is 3. The van der Waals surface area contributed by atoms with E-state index in [0.29, 0.717) is 34.8 Å². The van der Waals surface area contributed by atoms with Gasteiger partial charge < -0.3 is 20.1 Å². The Morgan fingerprint density at radius 1 is 1.43 bits per heavy atom. The summed E-state index contributed by atoms with van der Waals surface area (Å²) < 4.78 is 10.9. The van der Waals surface area contributed by atoms with Gasteiger partial charge in [-0.15, -0.1) is 5.10 Å². The van der Waals surface area contributed by atoms with Crippen LogP contribution in [0, 0.1) is 0 Å². The number of hydrogen-bond acceptors (Lipinski definition) is 7. The average Bonchev–Trinajstić information content (AvgIpc) is 3.07. The second kappa shape index (κ2) is 7.43. The first-order valence-electron chi connectivity index (χ1n) is 7.40. The zero-order chi connectivity index (χ0) is 16.1. The highest BCUT2D eigenvalue weighted by atomic mass is 35.5. The number of nitrogens with one attached hydrogen (secondary N) is 2. The largest absolute Gasteiger partial charge is 0.495 e. The fourth-order valence-electron chi connectivity index (χ4n) is 2.36. The van der Waals surface area contributed by atoms with E-state index < -0.39 is 0 Å². The van der Waals surface area contributed by atoms with Gasteiger partial charge in [-0.1, -0.05) is 11.6 Å². The monoisotopic (exact) mass is 335 g/mol. The lowest BCUT2D eigenvalue weighted by Crippen LogP contribution is -2.19. The van der Waals surface area contributed by atoms with Gasteiger partial charge in [-0.2, -0.15) is 10.1 Å². The number of methoxy groups -OCH3 is 1. The summed E-state index contributed by atoms with van der Waals surface area (Å²) in [6.07, 6.45) is 3.98. The molecule has 23 heavy (non-hydrogen) atoms. The highest BCUT2D eigenvalue weighted by Gasteiger charge is 2.15. The van der Waals surface area contributed by atoms with E-state index in [1.54, 1.807) is 31.5 Å². The second-order valence-corrected chi connectivity index (χ2v) is 5.59. The molecule has 1 unspecified atom stereocenters. The Bertz CT molecular complexity index is 664. The van der Waals surface area contributed by atoms with Gasteiger partial charge in [0, 0.05) is 18.2 Å². The van der Waals surface area contributed by atoms with Crippen LogP contribution >= 0.6 is 11.6 Å². The SMILES string of the molecule is COc1ccc(Cl)cc1Nc1nncc(NCC2CCCO2)n1. The van der Waals surface area contributed by atoms with Crippen molar-refractivity contribution in [3.63, 3.8) is 0 Å². The summed E-state index contributed by atoms with van der Waals surface area (Å²) in [5.41, 5.74) is 0.679. The van der Waals surface area contributed by atoms with Crippen molar-refractivity contribution in [1.82, 2.24) is 15.2 Å². The molecule has 0 radical (unpaired) electrons. The van der Waals surface area contributed by atoms with Gasteiger partial charge in [0.1, 0.15) is 5.75 Å². The van der Waals surface area contributed by atoms with Gasteiger partial charge in [-0.25, -0.2) is 0 Å². The van der Waals surface area contributed by atoms with Gasteiger partial charge in [-0.05, 0) is 31.0 Å². The fraction of sp³-hybridized carbons (Fsp3) is 0.400. The molecule has 0 amide bonds. The maximum atomic E-state index is 6.02. The molecular weight excluding hydrogens is 318 g/mol. The van der Waals surface area contributed by atoms with Gasteiger partial charge >= 0.3 is 0 Å². The Labute approximate surface area is 139 Å². The number of benzene rings is 1. The number of hydrogen-bond donors (Lipinski definition) is 2. The van der Waals surface area contributed by atoms with Crippen LogP contribution < -0.4 is 15.4 Å². The third-order valence-corrected chi connectivity index (χ3v) is 3.74. The minimum absolute atomic E-state index is 0.231. The molecule has 2 aromatic rings. The molecule has 122 valence electrons. The Morgan fingerprint density at radius 3 is 3.13 bits per heavy atom. The molecule has 0 bridgehead atoms. The van der Waals surface area contributed by atoms with Crippen LogP contribution in [-0.4, -0.2) is 41.5 Å². The van der Waals surface area contributed by atoms with E-state index in [0.717, 1.165) is 19.4 Å². The topological polar surface area (TPSA) is 81.2 Å². The van der Waals surface area contributed by atoms with Crippen molar-refractivity contribution in [3.8, 4) is 5.75 Å². The highest BCUT2D eigenvalue weighted by Crippen LogP contribution is 2.29. The summed E-state index contributed by atoms with van der Waals surface area (Å²) in [6, 6.07) is 5.28. The van der Waals surface area contributed by atoms with Gasteiger partial charge in [0.05, 0.1) is 25.1 Å². The normalized spacial score (nSPS) is 17.0. The molecule has 2 N–H and O–H groups in total. The van der Waals surface area contributed by atoms with Crippen LogP contribution in [0.4, 0.5) is 17.5 Å². The lowest BCUT2D eigenvalue weighted by atomic mass is 10.2. The van der Waals surface area contributed by atoms with E-state index in [1.807, 2.05) is 0 Å². The van der Waals surface area contributed by atoms with Crippen LogP contribution in [-0.2, 0) is 4.74 Å². The molecule has 2 heterocycles. The molecule has 0 aliphatic carbocycles. The Balaban J connectivity index is 1.68. The van der Waals surface area contributed by atoms with Crippen molar-refractivity contribution < 1.29 is 9.47 Å². The van der Waals surface area contributed by atoms with Gasteiger partial charge in [0.25, 0.3) is 0 Å². The Kier molecular flexibility index (Phi) is 5.09. The molecule has 1 fully saturated rings. The van der Waals surface area contributed by atoms with Crippen LogP contribution in [0.1, 0.15) is 12.8 Å². The van der Waals surface area contributed by atoms with Crippen molar-refractivity contribution in [2.75, 3.05) is 30.9 Å². The molecule has 1 aliphatic heterocycles. The predicted molar refractivity (Wildman–Crippen MR) is 88.6 cm³/mol. The third kappa shape index (κ3) is 4.20. The average molecular weight is 336 g/mol. The van der Waals surface area contributed by atoms with Gasteiger partial charge in [0.2, 0.25) is 5.95 Å². The van der Waals surface area contributed by atoms with E-state index in [-0.39, 0.29) is 6.10 Å². The minimum atomic E-state index is 0.231. The first-order chi connectivity index (χ1) is 11.2. The van der Waals surface area contributed by atoms with E-state index in [9.17, 15) is 0 Å². The zero-order valence-corrected chi connectivity index (χ0v) is 13.5. The molecule has 1 atom stereocenters. The van der Waals surface area contributed by atoms with E-state index in [2.05, 4.69) is 25.8 Å². The van der Waals surface area contributed by atoms with Crippen LogP contribution in [0.5, 0.6) is 5.75 Å². The molecule has 0 spiro atoms. The number of halogens is 1. The van der Waals surface area contributed by atoms with Crippen molar-refractivity contribution in [3.05, 3.63) is 29.4 Å². The maximum Gasteiger partial charge on any atom is 0.249 e. The number of aromatic nitrogens is 3. The van der Waals surface area contributed by atoms with Crippen LogP contribution in [0.15, 0.2) is 24.4 Å². The maximum absolute atomic E-state index is 6.02. The standard InChI is InChI=1S/C15H18ClN5O2/c1-22-13-5-4-10(16)7-12(13)19-15-20-14(9-18-21-15)17-8-11-3-2-6-23-11/h4-5,7,9,11H,2-3,6,8H2,1H3,(H2,17,19,20,21). The van der Waals surface area contributed by atoms with Crippen molar-refractivity contribution in [2.45, 2.75) is 18.9 Å². The summed E-state index contributed by atoms with van der Waals surface area (Å²) >= 11 is 6.02. The fourth-order valence-corrected chi connectivity index (χ4v) is 2.54. The summed E-state index contributed by atoms with van der Waals surface area (Å²) in [6.45, 7) is 1.54. The minimum Gasteiger partial charge on any atom is -0.495 e. The van der Waals surface area contributed by atoms with Gasteiger partial charge in [0.15, 0.2) is 5.82 Å². The summed E-state index contributed by atoms with van der Waals surface area (Å²) in [5, 5.41) is 14.8. The quantitative estimate of drug-likeness (QED) is 0.840. The number of rotatable bonds is 6. The first kappa shape index (κ1) is 15.8. The van der Waals surface area contributed by atoms with Crippen molar-refractivity contribution in [1.29, 1.82) is 0 Å². The molecule has 7 nitrogen and oxygen atoms in total. The summed E-state index contributed by atoms with van der Waals surface area (Å²) in [5.74, 6) is 1.65. The van der Waals surface area contributed by atoms with Crippen LogP contribution in [0.2, 0.25) is 5.02 Å². The Morgan fingerprint density at radius 2 is 2.35 bits per heavy atom. The van der Waals surface area contributed by atoms with E-state index >= 15 is 0 Å². The lowest BCUT2D eigenvalue weighted by Gasteiger charge is -2.12. The lowest BCUT2D eigenvalue weighted by molar-refractivity contribution is 0.120. The smallest absolute Gasteiger partial charge is 0.249 e. The summed E-state index contributed by atoms with van der Waals surface area (Å²) in [7, 11) is 1.59. The Hall–Kier alpha value is -2.12. The molecule has 1 aromatic heterocycles. The molecule has 3 rings (SSSR count). The molecule has 8 heteroatoms. The summed E-state index contributed by atoms with van der Waals surface area (Å²) in [4.78, 5) is 4.38. The predicted octanol–water partition coefficient (Wildman–Crippen LogP) is 2.87. The second-order valence-electron chi connectivity index (χ2n) is 5.15. The van der Waals surface area contributed by atoms with Gasteiger partial charge in [-0.3, -0.25) is 0 Å². The molecule has 1 saturated heterocycles. The molecule has 0 saturated carbocycles. The van der Waals surface area contributed by atoms with Crippen molar-refractivity contribution >= 4 is 29.1 Å². The van der Waals surface area contributed by atoms with Crippen molar-refractivity contribution in [2.24, 2.45) is 0 Å². The molecule has 1 aromatic carbocycles. The highest BCUT2D eigenvalue weighted by molar-refractivity contribution is 6.30.